The lowest BCUT2D eigenvalue weighted by Crippen LogP contribution is -2.27. The Kier molecular flexibility index (Phi) is 5.61. The van der Waals surface area contributed by atoms with Crippen molar-refractivity contribution in [2.45, 2.75) is 11.4 Å². The van der Waals surface area contributed by atoms with Gasteiger partial charge in [0.15, 0.2) is 0 Å². The summed E-state index contributed by atoms with van der Waals surface area (Å²) in [4.78, 5) is 3.93. The van der Waals surface area contributed by atoms with Crippen molar-refractivity contribution in [2.75, 3.05) is 21.3 Å². The van der Waals surface area contributed by atoms with Crippen molar-refractivity contribution in [3.8, 4) is 22.9 Å². The molecule has 28 heavy (non-hydrogen) atoms. The lowest BCUT2D eigenvalue weighted by molar-refractivity contribution is 0.335. The second-order valence-electron chi connectivity index (χ2n) is 5.80. The van der Waals surface area contributed by atoms with Crippen molar-refractivity contribution in [1.29, 1.82) is 0 Å². The maximum atomic E-state index is 13.6. The van der Waals surface area contributed by atoms with Gasteiger partial charge < -0.3 is 14.0 Å². The molecule has 2 aromatic carbocycles. The van der Waals surface area contributed by atoms with E-state index in [1.807, 2.05) is 0 Å². The molecule has 0 aliphatic heterocycles. The molecule has 0 atom stereocenters. The molecule has 1 aromatic heterocycles. The summed E-state index contributed by atoms with van der Waals surface area (Å²) in [6.45, 7) is -0.189. The van der Waals surface area contributed by atoms with Gasteiger partial charge in [-0.3, -0.25) is 0 Å². The molecule has 0 bridgehead atoms. The van der Waals surface area contributed by atoms with Crippen LogP contribution in [0.15, 0.2) is 51.9 Å². The van der Waals surface area contributed by atoms with Crippen molar-refractivity contribution < 1.29 is 26.8 Å². The molecule has 0 fully saturated rings. The van der Waals surface area contributed by atoms with Crippen LogP contribution in [-0.2, 0) is 16.6 Å². The summed E-state index contributed by atoms with van der Waals surface area (Å²) in [7, 11) is 0.159. The lowest BCUT2D eigenvalue weighted by atomic mass is 10.2. The average molecular weight is 407 g/mol. The zero-order chi connectivity index (χ0) is 20.3. The first kappa shape index (κ1) is 19.8. The van der Waals surface area contributed by atoms with Gasteiger partial charge in [-0.25, -0.2) is 12.8 Å². The van der Waals surface area contributed by atoms with Gasteiger partial charge in [0.1, 0.15) is 22.2 Å². The number of aromatic nitrogens is 2. The summed E-state index contributed by atoms with van der Waals surface area (Å²) in [6.07, 6.45) is 0. The molecule has 3 rings (SSSR count). The summed E-state index contributed by atoms with van der Waals surface area (Å²) >= 11 is 0. The Balaban J connectivity index is 1.82. The number of methoxy groups -OCH3 is 2. The minimum absolute atomic E-state index is 0.0395. The highest BCUT2D eigenvalue weighted by molar-refractivity contribution is 7.89. The number of sulfonamides is 1. The summed E-state index contributed by atoms with van der Waals surface area (Å²) in [5.74, 6) is 0.437. The van der Waals surface area contributed by atoms with Crippen LogP contribution < -0.4 is 9.47 Å². The number of halogens is 1. The fourth-order valence-corrected chi connectivity index (χ4v) is 3.76. The molecule has 0 aliphatic carbocycles. The third kappa shape index (κ3) is 3.97. The largest absolute Gasteiger partial charge is 0.497 e. The number of hydrogen-bond acceptors (Lipinski definition) is 7. The fraction of sp³-hybridized carbons (Fsp3) is 0.222. The molecule has 1 heterocycles. The van der Waals surface area contributed by atoms with E-state index < -0.39 is 15.8 Å². The number of benzene rings is 2. The molecular formula is C18H18FN3O5S. The summed E-state index contributed by atoms with van der Waals surface area (Å²) < 4.78 is 55.4. The molecule has 0 N–H and O–H groups in total. The molecule has 0 spiro atoms. The van der Waals surface area contributed by atoms with Crippen molar-refractivity contribution in [3.63, 3.8) is 0 Å². The van der Waals surface area contributed by atoms with E-state index in [0.29, 0.717) is 17.1 Å². The third-order valence-electron chi connectivity index (χ3n) is 3.99. The Labute approximate surface area is 161 Å². The van der Waals surface area contributed by atoms with Gasteiger partial charge >= 0.3 is 0 Å². The van der Waals surface area contributed by atoms with Crippen LogP contribution in [0.25, 0.3) is 11.4 Å². The molecule has 0 saturated carbocycles. The highest BCUT2D eigenvalue weighted by atomic mass is 32.2. The van der Waals surface area contributed by atoms with E-state index in [-0.39, 0.29) is 23.1 Å². The Hall–Kier alpha value is -2.98. The average Bonchev–Trinajstić information content (AvgIpc) is 3.16. The second kappa shape index (κ2) is 7.95. The number of rotatable bonds is 7. The first-order valence-electron chi connectivity index (χ1n) is 8.12. The summed E-state index contributed by atoms with van der Waals surface area (Å²) in [6, 6.07) is 10.3. The standard InChI is InChI=1S/C18H18FN3O5S/c1-22(28(23,24)16-10-13(19)6-9-15(16)26-3)11-17-20-18(21-27-17)12-4-7-14(25-2)8-5-12/h4-10H,11H2,1-3H3. The van der Waals surface area contributed by atoms with Crippen molar-refractivity contribution >= 4 is 10.0 Å². The van der Waals surface area contributed by atoms with Crippen LogP contribution in [0.4, 0.5) is 4.39 Å². The van der Waals surface area contributed by atoms with Crippen molar-refractivity contribution in [1.82, 2.24) is 14.4 Å². The number of hydrogen-bond donors (Lipinski definition) is 0. The fourth-order valence-electron chi connectivity index (χ4n) is 2.47. The first-order chi connectivity index (χ1) is 13.3. The van der Waals surface area contributed by atoms with Crippen LogP contribution in [0.2, 0.25) is 0 Å². The van der Waals surface area contributed by atoms with Crippen LogP contribution in [0, 0.1) is 5.82 Å². The van der Waals surface area contributed by atoms with E-state index in [9.17, 15) is 12.8 Å². The van der Waals surface area contributed by atoms with E-state index in [0.717, 1.165) is 16.4 Å². The highest BCUT2D eigenvalue weighted by Gasteiger charge is 2.27. The van der Waals surface area contributed by atoms with Gasteiger partial charge in [-0.2, -0.15) is 9.29 Å². The lowest BCUT2D eigenvalue weighted by Gasteiger charge is -2.17. The molecular weight excluding hydrogens is 389 g/mol. The molecule has 0 amide bonds. The topological polar surface area (TPSA) is 94.8 Å². The normalized spacial score (nSPS) is 11.6. The molecule has 0 unspecified atom stereocenters. The van der Waals surface area contributed by atoms with Crippen LogP contribution in [0.3, 0.4) is 0 Å². The van der Waals surface area contributed by atoms with E-state index in [4.69, 9.17) is 14.0 Å². The minimum atomic E-state index is -4.04. The van der Waals surface area contributed by atoms with Gasteiger partial charge in [-0.05, 0) is 42.5 Å². The maximum absolute atomic E-state index is 13.6. The molecule has 0 aliphatic rings. The van der Waals surface area contributed by atoms with E-state index in [2.05, 4.69) is 10.1 Å². The summed E-state index contributed by atoms with van der Waals surface area (Å²) in [5, 5.41) is 3.86. The third-order valence-corrected chi connectivity index (χ3v) is 5.81. The quantitative estimate of drug-likeness (QED) is 0.594. The highest BCUT2D eigenvalue weighted by Crippen LogP contribution is 2.28. The SMILES string of the molecule is COc1ccc(-c2noc(CN(C)S(=O)(=O)c3cc(F)ccc3OC)n2)cc1. The second-order valence-corrected chi connectivity index (χ2v) is 7.81. The molecule has 8 nitrogen and oxygen atoms in total. The molecule has 0 saturated heterocycles. The van der Waals surface area contributed by atoms with E-state index in [1.54, 1.807) is 31.4 Å². The van der Waals surface area contributed by atoms with Gasteiger partial charge in [0, 0.05) is 12.6 Å². The van der Waals surface area contributed by atoms with Crippen LogP contribution in [0.1, 0.15) is 5.89 Å². The summed E-state index contributed by atoms with van der Waals surface area (Å²) in [5.41, 5.74) is 0.688. The van der Waals surface area contributed by atoms with Gasteiger partial charge in [0.25, 0.3) is 0 Å². The zero-order valence-electron chi connectivity index (χ0n) is 15.4. The van der Waals surface area contributed by atoms with Gasteiger partial charge in [0.2, 0.25) is 21.7 Å². The van der Waals surface area contributed by atoms with Crippen LogP contribution in [0.5, 0.6) is 11.5 Å². The molecule has 10 heteroatoms. The minimum Gasteiger partial charge on any atom is -0.497 e. The molecule has 0 radical (unpaired) electrons. The Morgan fingerprint density at radius 1 is 1.11 bits per heavy atom. The van der Waals surface area contributed by atoms with Gasteiger partial charge in [0.05, 0.1) is 20.8 Å². The predicted molar refractivity (Wildman–Crippen MR) is 97.9 cm³/mol. The van der Waals surface area contributed by atoms with Gasteiger partial charge in [-0.1, -0.05) is 5.16 Å². The monoisotopic (exact) mass is 407 g/mol. The molecule has 148 valence electrons. The molecule has 3 aromatic rings. The number of nitrogens with zero attached hydrogens (tertiary/aromatic N) is 3. The number of ether oxygens (including phenoxy) is 2. The Morgan fingerprint density at radius 2 is 1.82 bits per heavy atom. The van der Waals surface area contributed by atoms with E-state index in [1.165, 1.54) is 20.2 Å². The van der Waals surface area contributed by atoms with Crippen LogP contribution in [-0.4, -0.2) is 44.1 Å². The zero-order valence-corrected chi connectivity index (χ0v) is 16.2. The first-order valence-corrected chi connectivity index (χ1v) is 9.56. The van der Waals surface area contributed by atoms with Crippen molar-refractivity contribution in [3.05, 3.63) is 54.2 Å². The maximum Gasteiger partial charge on any atom is 0.247 e. The predicted octanol–water partition coefficient (Wildman–Crippen LogP) is 2.71. The van der Waals surface area contributed by atoms with Crippen LogP contribution >= 0.6 is 0 Å². The van der Waals surface area contributed by atoms with Crippen molar-refractivity contribution in [2.24, 2.45) is 0 Å². The Bertz CT molecular complexity index is 1070. The smallest absolute Gasteiger partial charge is 0.247 e. The Morgan fingerprint density at radius 3 is 2.46 bits per heavy atom. The van der Waals surface area contributed by atoms with Gasteiger partial charge in [-0.15, -0.1) is 0 Å². The van der Waals surface area contributed by atoms with E-state index >= 15 is 0 Å².